The van der Waals surface area contributed by atoms with E-state index >= 15 is 0 Å². The molecule has 0 aliphatic carbocycles. The fourth-order valence-corrected chi connectivity index (χ4v) is 3.35. The van der Waals surface area contributed by atoms with E-state index in [1.807, 2.05) is 38.1 Å². The van der Waals surface area contributed by atoms with Gasteiger partial charge < -0.3 is 9.50 Å². The predicted molar refractivity (Wildman–Crippen MR) is 104 cm³/mol. The number of hydrogen-bond acceptors (Lipinski definition) is 4. The van der Waals surface area contributed by atoms with E-state index in [0.717, 1.165) is 16.8 Å². The standard InChI is InChI=1S/C21H21NO3S/c1-16-3-9-19(10-4-16)22-15-18-7-11-20(12-8-18)25-26(23,24)21-13-5-17(2)6-14-21/h3-14,22H,15H2,1-2H3. The highest BCUT2D eigenvalue weighted by atomic mass is 32.2. The van der Waals surface area contributed by atoms with Crippen LogP contribution in [0.1, 0.15) is 16.7 Å². The molecular weight excluding hydrogens is 346 g/mol. The summed E-state index contributed by atoms with van der Waals surface area (Å²) in [6, 6.07) is 21.8. The van der Waals surface area contributed by atoms with E-state index in [0.29, 0.717) is 12.3 Å². The van der Waals surface area contributed by atoms with E-state index in [9.17, 15) is 8.42 Å². The molecule has 134 valence electrons. The Hall–Kier alpha value is -2.79. The minimum Gasteiger partial charge on any atom is -0.381 e. The van der Waals surface area contributed by atoms with Crippen LogP contribution in [0.25, 0.3) is 0 Å². The fraction of sp³-hybridized carbons (Fsp3) is 0.143. The molecule has 0 saturated heterocycles. The van der Waals surface area contributed by atoms with Crippen LogP contribution in [0, 0.1) is 13.8 Å². The number of hydrogen-bond donors (Lipinski definition) is 1. The van der Waals surface area contributed by atoms with Crippen LogP contribution < -0.4 is 9.50 Å². The number of anilines is 1. The highest BCUT2D eigenvalue weighted by molar-refractivity contribution is 7.87. The van der Waals surface area contributed by atoms with Gasteiger partial charge >= 0.3 is 10.1 Å². The van der Waals surface area contributed by atoms with Gasteiger partial charge in [0.1, 0.15) is 10.6 Å². The third-order valence-corrected chi connectivity index (χ3v) is 5.25. The monoisotopic (exact) mass is 367 g/mol. The first-order chi connectivity index (χ1) is 12.4. The molecule has 5 heteroatoms. The smallest absolute Gasteiger partial charge is 0.339 e. The summed E-state index contributed by atoms with van der Waals surface area (Å²) in [4.78, 5) is 0.146. The van der Waals surface area contributed by atoms with Crippen molar-refractivity contribution in [1.82, 2.24) is 0 Å². The lowest BCUT2D eigenvalue weighted by Gasteiger charge is -2.09. The maximum atomic E-state index is 12.3. The van der Waals surface area contributed by atoms with Gasteiger partial charge in [0.05, 0.1) is 0 Å². The van der Waals surface area contributed by atoms with Gasteiger partial charge in [-0.25, -0.2) is 0 Å². The maximum absolute atomic E-state index is 12.3. The Bertz CT molecular complexity index is 961. The molecule has 0 aliphatic heterocycles. The minimum absolute atomic E-state index is 0.146. The molecule has 0 radical (unpaired) electrons. The van der Waals surface area contributed by atoms with Gasteiger partial charge in [-0.05, 0) is 55.8 Å². The Morgan fingerprint density at radius 2 is 1.31 bits per heavy atom. The summed E-state index contributed by atoms with van der Waals surface area (Å²) in [6.45, 7) is 4.60. The van der Waals surface area contributed by atoms with Crippen molar-refractivity contribution >= 4 is 15.8 Å². The second-order valence-corrected chi connectivity index (χ2v) is 7.76. The second kappa shape index (κ2) is 7.62. The second-order valence-electron chi connectivity index (χ2n) is 6.21. The quantitative estimate of drug-likeness (QED) is 0.643. The zero-order valence-corrected chi connectivity index (χ0v) is 15.6. The molecule has 0 heterocycles. The van der Waals surface area contributed by atoms with Crippen LogP contribution in [0.15, 0.2) is 77.7 Å². The molecular formula is C21H21NO3S. The molecule has 3 aromatic carbocycles. The van der Waals surface area contributed by atoms with Crippen molar-refractivity contribution in [2.24, 2.45) is 0 Å². The first-order valence-electron chi connectivity index (χ1n) is 8.33. The molecule has 0 bridgehead atoms. The van der Waals surface area contributed by atoms with Gasteiger partial charge in [-0.15, -0.1) is 0 Å². The Balaban J connectivity index is 1.63. The van der Waals surface area contributed by atoms with Crippen LogP contribution in [0.5, 0.6) is 5.75 Å². The fourth-order valence-electron chi connectivity index (χ4n) is 2.42. The van der Waals surface area contributed by atoms with Crippen LogP contribution in [0.2, 0.25) is 0 Å². The van der Waals surface area contributed by atoms with Crippen LogP contribution in [0.3, 0.4) is 0 Å². The van der Waals surface area contributed by atoms with Crippen LogP contribution >= 0.6 is 0 Å². The molecule has 0 atom stereocenters. The third-order valence-electron chi connectivity index (χ3n) is 3.99. The van der Waals surface area contributed by atoms with E-state index in [1.165, 1.54) is 5.56 Å². The average molecular weight is 367 g/mol. The molecule has 4 nitrogen and oxygen atoms in total. The molecule has 0 saturated carbocycles. The van der Waals surface area contributed by atoms with Crippen molar-refractivity contribution in [2.75, 3.05) is 5.32 Å². The number of nitrogens with one attached hydrogen (secondary N) is 1. The SMILES string of the molecule is Cc1ccc(NCc2ccc(OS(=O)(=O)c3ccc(C)cc3)cc2)cc1. The van der Waals surface area contributed by atoms with Gasteiger partial charge in [-0.1, -0.05) is 47.5 Å². The number of rotatable bonds is 6. The summed E-state index contributed by atoms with van der Waals surface area (Å²) >= 11 is 0. The zero-order valence-electron chi connectivity index (χ0n) is 14.8. The highest BCUT2D eigenvalue weighted by Gasteiger charge is 2.16. The van der Waals surface area contributed by atoms with Crippen LogP contribution in [0.4, 0.5) is 5.69 Å². The normalized spacial score (nSPS) is 11.2. The van der Waals surface area contributed by atoms with Crippen molar-refractivity contribution in [3.05, 3.63) is 89.5 Å². The largest absolute Gasteiger partial charge is 0.381 e. The van der Waals surface area contributed by atoms with Crippen LogP contribution in [-0.4, -0.2) is 8.42 Å². The van der Waals surface area contributed by atoms with Gasteiger partial charge in [0.15, 0.2) is 0 Å². The molecule has 0 aliphatic rings. The summed E-state index contributed by atoms with van der Waals surface area (Å²) in [7, 11) is -3.82. The Morgan fingerprint density at radius 3 is 1.88 bits per heavy atom. The lowest BCUT2D eigenvalue weighted by molar-refractivity contribution is 0.486. The molecule has 0 unspecified atom stereocenters. The van der Waals surface area contributed by atoms with E-state index in [-0.39, 0.29) is 4.90 Å². The molecule has 26 heavy (non-hydrogen) atoms. The molecule has 3 rings (SSSR count). The van der Waals surface area contributed by atoms with Crippen molar-refractivity contribution in [1.29, 1.82) is 0 Å². The van der Waals surface area contributed by atoms with Gasteiger partial charge in [-0.3, -0.25) is 0 Å². The summed E-state index contributed by atoms with van der Waals surface area (Å²) in [6.07, 6.45) is 0. The average Bonchev–Trinajstić information content (AvgIpc) is 2.62. The molecule has 1 N–H and O–H groups in total. The van der Waals surface area contributed by atoms with Crippen molar-refractivity contribution < 1.29 is 12.6 Å². The van der Waals surface area contributed by atoms with Gasteiger partial charge in [-0.2, -0.15) is 8.42 Å². The summed E-state index contributed by atoms with van der Waals surface area (Å²) in [5.74, 6) is 0.296. The minimum atomic E-state index is -3.82. The molecule has 0 spiro atoms. The molecule has 0 aromatic heterocycles. The number of benzene rings is 3. The van der Waals surface area contributed by atoms with Gasteiger partial charge in [0.2, 0.25) is 0 Å². The maximum Gasteiger partial charge on any atom is 0.339 e. The van der Waals surface area contributed by atoms with E-state index in [4.69, 9.17) is 4.18 Å². The topological polar surface area (TPSA) is 55.4 Å². The van der Waals surface area contributed by atoms with Crippen molar-refractivity contribution in [3.63, 3.8) is 0 Å². The third kappa shape index (κ3) is 4.64. The molecule has 0 fully saturated rings. The number of aryl methyl sites for hydroxylation is 2. The summed E-state index contributed by atoms with van der Waals surface area (Å²) in [5, 5.41) is 3.33. The van der Waals surface area contributed by atoms with Gasteiger partial charge in [0, 0.05) is 12.2 Å². The zero-order chi connectivity index (χ0) is 18.6. The highest BCUT2D eigenvalue weighted by Crippen LogP contribution is 2.20. The molecule has 0 amide bonds. The Labute approximate surface area is 154 Å². The Kier molecular flexibility index (Phi) is 5.28. The van der Waals surface area contributed by atoms with E-state index in [1.54, 1.807) is 36.4 Å². The first kappa shape index (κ1) is 18.0. The lowest BCUT2D eigenvalue weighted by Crippen LogP contribution is -2.09. The van der Waals surface area contributed by atoms with Gasteiger partial charge in [0.25, 0.3) is 0 Å². The summed E-state index contributed by atoms with van der Waals surface area (Å²) in [5.41, 5.74) is 4.28. The lowest BCUT2D eigenvalue weighted by atomic mass is 10.2. The Morgan fingerprint density at radius 1 is 0.769 bits per heavy atom. The predicted octanol–water partition coefficient (Wildman–Crippen LogP) is 4.68. The molecule has 3 aromatic rings. The van der Waals surface area contributed by atoms with Crippen LogP contribution in [-0.2, 0) is 16.7 Å². The van der Waals surface area contributed by atoms with E-state index < -0.39 is 10.1 Å². The first-order valence-corrected chi connectivity index (χ1v) is 9.74. The van der Waals surface area contributed by atoms with Crippen molar-refractivity contribution in [3.8, 4) is 5.75 Å². The van der Waals surface area contributed by atoms with E-state index in [2.05, 4.69) is 17.4 Å². The summed E-state index contributed by atoms with van der Waals surface area (Å²) < 4.78 is 29.8. The van der Waals surface area contributed by atoms with Crippen molar-refractivity contribution in [2.45, 2.75) is 25.3 Å².